The van der Waals surface area contributed by atoms with Gasteiger partial charge in [0.1, 0.15) is 4.88 Å². The molecule has 1 saturated carbocycles. The van der Waals surface area contributed by atoms with E-state index >= 15 is 0 Å². The van der Waals surface area contributed by atoms with Crippen molar-refractivity contribution in [3.8, 4) is 0 Å². The molecule has 0 saturated heterocycles. The molecule has 0 bridgehead atoms. The van der Waals surface area contributed by atoms with E-state index in [2.05, 4.69) is 20.0 Å². The van der Waals surface area contributed by atoms with Gasteiger partial charge < -0.3 is 5.43 Å². The van der Waals surface area contributed by atoms with Gasteiger partial charge in [0.15, 0.2) is 5.84 Å². The summed E-state index contributed by atoms with van der Waals surface area (Å²) < 4.78 is 3.73. The highest BCUT2D eigenvalue weighted by molar-refractivity contribution is 7.07. The highest BCUT2D eigenvalue weighted by Gasteiger charge is 2.21. The Hall–Kier alpha value is -1.01. The van der Waals surface area contributed by atoms with Crippen LogP contribution in [0.1, 0.15) is 17.7 Å². The first-order valence-electron chi connectivity index (χ1n) is 3.72. The van der Waals surface area contributed by atoms with Gasteiger partial charge in [-0.2, -0.15) is 0 Å². The molecule has 2 rings (SSSR count). The lowest BCUT2D eigenvalue weighted by atomic mass is 10.5. The normalized spacial score (nSPS) is 17.9. The summed E-state index contributed by atoms with van der Waals surface area (Å²) in [5.74, 6) is 6.01. The zero-order chi connectivity index (χ0) is 8.39. The quantitative estimate of drug-likeness (QED) is 0.291. The minimum Gasteiger partial charge on any atom is -0.307 e. The number of amidine groups is 1. The maximum atomic E-state index is 5.31. The average Bonchev–Trinajstić information content (AvgIpc) is 2.74. The molecule has 64 valence electrons. The molecular formula is C6H9N5S. The van der Waals surface area contributed by atoms with Crippen molar-refractivity contribution >= 4 is 17.4 Å². The highest BCUT2D eigenvalue weighted by atomic mass is 32.1. The third kappa shape index (κ3) is 1.59. The number of nitrogens with zero attached hydrogens (tertiary/aromatic N) is 3. The fourth-order valence-electron chi connectivity index (χ4n) is 0.830. The predicted molar refractivity (Wildman–Crippen MR) is 46.8 cm³/mol. The van der Waals surface area contributed by atoms with Gasteiger partial charge in [-0.25, -0.2) is 5.84 Å². The molecule has 1 fully saturated rings. The summed E-state index contributed by atoms with van der Waals surface area (Å²) in [5.41, 5.74) is 2.56. The van der Waals surface area contributed by atoms with E-state index in [0.717, 1.165) is 17.7 Å². The number of hydrogen-bond donors (Lipinski definition) is 2. The molecule has 0 radical (unpaired) electrons. The van der Waals surface area contributed by atoms with E-state index in [1.165, 1.54) is 11.5 Å². The third-order valence-corrected chi connectivity index (χ3v) is 2.26. The van der Waals surface area contributed by atoms with Crippen LogP contribution in [0, 0.1) is 0 Å². The van der Waals surface area contributed by atoms with Crippen LogP contribution in [0.25, 0.3) is 0 Å². The lowest BCUT2D eigenvalue weighted by molar-refractivity contribution is 0.973. The monoisotopic (exact) mass is 183 g/mol. The zero-order valence-corrected chi connectivity index (χ0v) is 7.21. The summed E-state index contributed by atoms with van der Waals surface area (Å²) >= 11 is 1.29. The molecule has 3 N–H and O–H groups in total. The molecule has 0 aromatic carbocycles. The molecule has 0 spiro atoms. The lowest BCUT2D eigenvalue weighted by Gasteiger charge is -1.99. The van der Waals surface area contributed by atoms with Crippen molar-refractivity contribution < 1.29 is 0 Å². The Bertz CT molecular complexity index is 276. The molecule has 1 aromatic heterocycles. The largest absolute Gasteiger partial charge is 0.307 e. The van der Waals surface area contributed by atoms with E-state index < -0.39 is 0 Å². The molecule has 0 atom stereocenters. The zero-order valence-electron chi connectivity index (χ0n) is 6.40. The number of aliphatic imine (C=N–C) groups is 1. The first kappa shape index (κ1) is 7.63. The van der Waals surface area contributed by atoms with Crippen molar-refractivity contribution in [1.29, 1.82) is 0 Å². The first-order valence-corrected chi connectivity index (χ1v) is 4.49. The van der Waals surface area contributed by atoms with Gasteiger partial charge in [0.25, 0.3) is 0 Å². The van der Waals surface area contributed by atoms with Gasteiger partial charge >= 0.3 is 0 Å². The standard InChI is InChI=1S/C6H9N5S/c7-10-6(9-4-1-2-4)5-3-8-11-12-5/h3-4H,1-2,7H2,(H,9,10). The van der Waals surface area contributed by atoms with Crippen molar-refractivity contribution in [2.75, 3.05) is 0 Å². The maximum Gasteiger partial charge on any atom is 0.156 e. The number of nitrogens with one attached hydrogen (secondary N) is 1. The highest BCUT2D eigenvalue weighted by Crippen LogP contribution is 2.24. The third-order valence-electron chi connectivity index (χ3n) is 1.59. The summed E-state index contributed by atoms with van der Waals surface area (Å²) in [7, 11) is 0. The van der Waals surface area contributed by atoms with Crippen LogP contribution in [0.5, 0.6) is 0 Å². The van der Waals surface area contributed by atoms with Crippen LogP contribution in [0.2, 0.25) is 0 Å². The fraction of sp³-hybridized carbons (Fsp3) is 0.500. The number of hydrazine groups is 1. The van der Waals surface area contributed by atoms with Crippen LogP contribution in [0.15, 0.2) is 11.2 Å². The summed E-state index contributed by atoms with van der Waals surface area (Å²) in [4.78, 5) is 5.25. The fourth-order valence-corrected chi connectivity index (χ4v) is 1.30. The molecule has 1 aliphatic carbocycles. The van der Waals surface area contributed by atoms with E-state index in [0.29, 0.717) is 11.9 Å². The summed E-state index contributed by atoms with van der Waals surface area (Å²) in [6.07, 6.45) is 3.99. The van der Waals surface area contributed by atoms with Gasteiger partial charge in [0.2, 0.25) is 0 Å². The second-order valence-corrected chi connectivity index (χ2v) is 3.42. The van der Waals surface area contributed by atoms with Crippen molar-refractivity contribution in [2.45, 2.75) is 18.9 Å². The smallest absolute Gasteiger partial charge is 0.156 e. The molecule has 5 nitrogen and oxygen atoms in total. The predicted octanol–water partition coefficient (Wildman–Crippen LogP) is -0.0896. The Morgan fingerprint density at radius 2 is 2.58 bits per heavy atom. The van der Waals surface area contributed by atoms with Crippen LogP contribution >= 0.6 is 11.5 Å². The topological polar surface area (TPSA) is 76.2 Å². The van der Waals surface area contributed by atoms with E-state index in [-0.39, 0.29) is 0 Å². The van der Waals surface area contributed by atoms with Crippen molar-refractivity contribution in [3.63, 3.8) is 0 Å². The number of rotatable bonds is 2. The van der Waals surface area contributed by atoms with Gasteiger partial charge in [-0.15, -0.1) is 5.10 Å². The van der Waals surface area contributed by atoms with Crippen LogP contribution < -0.4 is 11.3 Å². The minimum absolute atomic E-state index is 0.457. The molecule has 1 aliphatic rings. The van der Waals surface area contributed by atoms with Gasteiger partial charge in [-0.1, -0.05) is 4.49 Å². The Labute approximate surface area is 73.8 Å². The van der Waals surface area contributed by atoms with Gasteiger partial charge in [0, 0.05) is 0 Å². The Kier molecular flexibility index (Phi) is 2.01. The van der Waals surface area contributed by atoms with E-state index in [9.17, 15) is 0 Å². The minimum atomic E-state index is 0.457. The van der Waals surface area contributed by atoms with Crippen LogP contribution in [0.3, 0.4) is 0 Å². The molecule has 12 heavy (non-hydrogen) atoms. The van der Waals surface area contributed by atoms with Gasteiger partial charge in [0.05, 0.1) is 12.2 Å². The van der Waals surface area contributed by atoms with E-state index in [1.54, 1.807) is 6.20 Å². The molecule has 1 aromatic rings. The van der Waals surface area contributed by atoms with Crippen molar-refractivity contribution in [1.82, 2.24) is 15.0 Å². The average molecular weight is 183 g/mol. The number of aromatic nitrogens is 2. The molecular weight excluding hydrogens is 174 g/mol. The molecule has 0 amide bonds. The first-order chi connectivity index (χ1) is 5.90. The number of hydrogen-bond acceptors (Lipinski definition) is 5. The van der Waals surface area contributed by atoms with E-state index in [1.807, 2.05) is 0 Å². The Morgan fingerprint density at radius 3 is 3.08 bits per heavy atom. The second kappa shape index (κ2) is 3.16. The second-order valence-electron chi connectivity index (χ2n) is 2.63. The van der Waals surface area contributed by atoms with Crippen molar-refractivity contribution in [2.24, 2.45) is 10.8 Å². The molecule has 0 aliphatic heterocycles. The summed E-state index contributed by atoms with van der Waals surface area (Å²) in [5, 5.41) is 3.71. The number of nitrogens with two attached hydrogens (primary N) is 1. The van der Waals surface area contributed by atoms with Gasteiger partial charge in [-0.05, 0) is 24.4 Å². The Morgan fingerprint density at radius 1 is 1.75 bits per heavy atom. The summed E-state index contributed by atoms with van der Waals surface area (Å²) in [6.45, 7) is 0. The molecule has 6 heteroatoms. The molecule has 0 unspecified atom stereocenters. The Balaban J connectivity index is 2.17. The summed E-state index contributed by atoms with van der Waals surface area (Å²) in [6, 6.07) is 0.457. The lowest BCUT2D eigenvalue weighted by Crippen LogP contribution is -2.30. The van der Waals surface area contributed by atoms with Crippen molar-refractivity contribution in [3.05, 3.63) is 11.1 Å². The van der Waals surface area contributed by atoms with Crippen LogP contribution in [-0.2, 0) is 0 Å². The van der Waals surface area contributed by atoms with E-state index in [4.69, 9.17) is 5.84 Å². The van der Waals surface area contributed by atoms with Crippen LogP contribution in [-0.4, -0.2) is 21.5 Å². The van der Waals surface area contributed by atoms with Crippen LogP contribution in [0.4, 0.5) is 0 Å². The SMILES string of the molecule is NNC(=NC1CC1)c1cnns1. The maximum absolute atomic E-state index is 5.31. The van der Waals surface area contributed by atoms with Gasteiger partial charge in [-0.3, -0.25) is 4.99 Å². The molecule has 1 heterocycles.